The molecule has 0 bridgehead atoms. The molecule has 0 heterocycles. The van der Waals surface area contributed by atoms with Crippen LogP contribution < -0.4 is 5.32 Å². The van der Waals surface area contributed by atoms with Gasteiger partial charge in [0.15, 0.2) is 0 Å². The summed E-state index contributed by atoms with van der Waals surface area (Å²) < 4.78 is 0. The summed E-state index contributed by atoms with van der Waals surface area (Å²) in [5.41, 5.74) is 0. The topological polar surface area (TPSA) is 12.0 Å². The van der Waals surface area contributed by atoms with Crippen molar-refractivity contribution in [1.82, 2.24) is 5.32 Å². The molecule has 2 atom stereocenters. The lowest BCUT2D eigenvalue weighted by atomic mass is 10.2. The molecule has 0 saturated carbocycles. The summed E-state index contributed by atoms with van der Waals surface area (Å²) in [6.45, 7) is 12.5. The molecule has 0 amide bonds. The fourth-order valence-electron chi connectivity index (χ4n) is 0.887. The molecule has 0 aliphatic rings. The van der Waals surface area contributed by atoms with Crippen LogP contribution in [0.2, 0.25) is 0 Å². The van der Waals surface area contributed by atoms with E-state index in [1.807, 2.05) is 0 Å². The number of hydrogen-bond donors (Lipinski definition) is 1. The Kier molecular flexibility index (Phi) is 7.87. The zero-order valence-electron chi connectivity index (χ0n) is 9.76. The predicted molar refractivity (Wildman–Crippen MR) is 64.5 cm³/mol. The molecule has 0 radical (unpaired) electrons. The summed E-state index contributed by atoms with van der Waals surface area (Å²) in [6.07, 6.45) is 1.23. The zero-order valence-corrected chi connectivity index (χ0v) is 10.6. The van der Waals surface area contributed by atoms with Crippen LogP contribution in [0.4, 0.5) is 0 Å². The first-order valence-corrected chi connectivity index (χ1v) is 6.47. The summed E-state index contributed by atoms with van der Waals surface area (Å²) in [7, 11) is 0. The summed E-state index contributed by atoms with van der Waals surface area (Å²) in [5.74, 6) is 2.04. The molecule has 80 valence electrons. The molecule has 0 aliphatic carbocycles. The second-order valence-electron chi connectivity index (χ2n) is 4.08. The Balaban J connectivity index is 3.25. The van der Waals surface area contributed by atoms with Crippen molar-refractivity contribution in [1.29, 1.82) is 0 Å². The average molecular weight is 203 g/mol. The first kappa shape index (κ1) is 13.3. The third-order valence-corrected chi connectivity index (χ3v) is 4.04. The molecule has 0 spiro atoms. The minimum atomic E-state index is 0.676. The molecule has 1 N–H and O–H groups in total. The summed E-state index contributed by atoms with van der Waals surface area (Å²) >= 11 is 2.07. The average Bonchev–Trinajstić information content (AvgIpc) is 2.11. The predicted octanol–water partition coefficient (Wildman–Crippen LogP) is 3.15. The Labute approximate surface area is 88.1 Å². The summed E-state index contributed by atoms with van der Waals surface area (Å²) in [6, 6.07) is 0.676. The highest BCUT2D eigenvalue weighted by Crippen LogP contribution is 2.17. The van der Waals surface area contributed by atoms with E-state index in [4.69, 9.17) is 0 Å². The highest BCUT2D eigenvalue weighted by atomic mass is 32.2. The van der Waals surface area contributed by atoms with Gasteiger partial charge < -0.3 is 5.32 Å². The molecule has 0 rings (SSSR count). The molecule has 0 aromatic carbocycles. The Bertz CT molecular complexity index is 115. The molecular weight excluding hydrogens is 178 g/mol. The minimum absolute atomic E-state index is 0.676. The van der Waals surface area contributed by atoms with Gasteiger partial charge in [-0.05, 0) is 19.3 Å². The van der Waals surface area contributed by atoms with E-state index in [0.717, 1.165) is 17.7 Å². The number of rotatable bonds is 7. The molecule has 0 fully saturated rings. The van der Waals surface area contributed by atoms with Crippen molar-refractivity contribution in [3.05, 3.63) is 0 Å². The van der Waals surface area contributed by atoms with Crippen LogP contribution in [0.5, 0.6) is 0 Å². The number of nitrogens with one attached hydrogen (secondary N) is 1. The molecule has 0 aromatic heterocycles. The maximum absolute atomic E-state index is 3.51. The second kappa shape index (κ2) is 7.69. The van der Waals surface area contributed by atoms with E-state index in [1.54, 1.807) is 0 Å². The van der Waals surface area contributed by atoms with Crippen LogP contribution in [-0.4, -0.2) is 23.6 Å². The quantitative estimate of drug-likeness (QED) is 0.638. The lowest BCUT2D eigenvalue weighted by molar-refractivity contribution is 0.554. The van der Waals surface area contributed by atoms with Gasteiger partial charge in [0.2, 0.25) is 0 Å². The summed E-state index contributed by atoms with van der Waals surface area (Å²) in [5, 5.41) is 4.30. The zero-order chi connectivity index (χ0) is 10.3. The van der Waals surface area contributed by atoms with Crippen LogP contribution in [0.1, 0.15) is 41.0 Å². The van der Waals surface area contributed by atoms with E-state index in [0.29, 0.717) is 6.04 Å². The third-order valence-electron chi connectivity index (χ3n) is 2.53. The smallest absolute Gasteiger partial charge is 0.00609 e. The SMILES string of the molecule is CCC(C)NCCSC(C)C(C)C. The van der Waals surface area contributed by atoms with Gasteiger partial charge in [-0.2, -0.15) is 11.8 Å². The Morgan fingerprint density at radius 2 is 1.77 bits per heavy atom. The maximum atomic E-state index is 3.51. The van der Waals surface area contributed by atoms with Crippen LogP contribution in [0.25, 0.3) is 0 Å². The monoisotopic (exact) mass is 203 g/mol. The van der Waals surface area contributed by atoms with E-state index < -0.39 is 0 Å². The standard InChI is InChI=1S/C11H25NS/c1-6-10(4)12-7-8-13-11(5)9(2)3/h9-12H,6-8H2,1-5H3. The van der Waals surface area contributed by atoms with Crippen molar-refractivity contribution in [2.24, 2.45) is 5.92 Å². The lowest BCUT2D eigenvalue weighted by Gasteiger charge is -2.16. The Morgan fingerprint density at radius 1 is 1.15 bits per heavy atom. The van der Waals surface area contributed by atoms with Crippen LogP contribution >= 0.6 is 11.8 Å². The Hall–Kier alpha value is 0.310. The van der Waals surface area contributed by atoms with Gasteiger partial charge in [-0.1, -0.05) is 27.7 Å². The summed E-state index contributed by atoms with van der Waals surface area (Å²) in [4.78, 5) is 0. The van der Waals surface area contributed by atoms with E-state index in [1.165, 1.54) is 12.2 Å². The van der Waals surface area contributed by atoms with E-state index in [-0.39, 0.29) is 0 Å². The van der Waals surface area contributed by atoms with E-state index in [2.05, 4.69) is 51.7 Å². The number of hydrogen-bond acceptors (Lipinski definition) is 2. The van der Waals surface area contributed by atoms with Crippen LogP contribution in [0.15, 0.2) is 0 Å². The van der Waals surface area contributed by atoms with Crippen LogP contribution in [0, 0.1) is 5.92 Å². The fourth-order valence-corrected chi connectivity index (χ4v) is 1.88. The second-order valence-corrected chi connectivity index (χ2v) is 5.57. The van der Waals surface area contributed by atoms with Gasteiger partial charge in [0, 0.05) is 23.6 Å². The normalized spacial score (nSPS) is 16.2. The first-order valence-electron chi connectivity index (χ1n) is 5.42. The van der Waals surface area contributed by atoms with Crippen LogP contribution in [-0.2, 0) is 0 Å². The molecule has 2 unspecified atom stereocenters. The van der Waals surface area contributed by atoms with Gasteiger partial charge in [-0.15, -0.1) is 0 Å². The third kappa shape index (κ3) is 7.39. The van der Waals surface area contributed by atoms with Gasteiger partial charge in [-0.3, -0.25) is 0 Å². The van der Waals surface area contributed by atoms with Crippen molar-refractivity contribution in [3.63, 3.8) is 0 Å². The van der Waals surface area contributed by atoms with Crippen LogP contribution in [0.3, 0.4) is 0 Å². The van der Waals surface area contributed by atoms with Crippen molar-refractivity contribution < 1.29 is 0 Å². The van der Waals surface area contributed by atoms with Crippen molar-refractivity contribution in [2.45, 2.75) is 52.3 Å². The van der Waals surface area contributed by atoms with Crippen molar-refractivity contribution >= 4 is 11.8 Å². The number of thioether (sulfide) groups is 1. The molecule has 13 heavy (non-hydrogen) atoms. The van der Waals surface area contributed by atoms with E-state index in [9.17, 15) is 0 Å². The first-order chi connectivity index (χ1) is 6.07. The minimum Gasteiger partial charge on any atom is -0.313 e. The Morgan fingerprint density at radius 3 is 2.23 bits per heavy atom. The lowest BCUT2D eigenvalue weighted by Crippen LogP contribution is -2.27. The van der Waals surface area contributed by atoms with Gasteiger partial charge in [0.05, 0.1) is 0 Å². The molecule has 0 aliphatic heterocycles. The molecule has 2 heteroatoms. The molecule has 1 nitrogen and oxygen atoms in total. The largest absolute Gasteiger partial charge is 0.313 e. The van der Waals surface area contributed by atoms with Gasteiger partial charge >= 0.3 is 0 Å². The molecular formula is C11H25NS. The van der Waals surface area contributed by atoms with Gasteiger partial charge in [-0.25, -0.2) is 0 Å². The fraction of sp³-hybridized carbons (Fsp3) is 1.00. The van der Waals surface area contributed by atoms with Crippen molar-refractivity contribution in [3.8, 4) is 0 Å². The highest BCUT2D eigenvalue weighted by molar-refractivity contribution is 7.99. The molecule has 0 saturated heterocycles. The maximum Gasteiger partial charge on any atom is 0.00609 e. The van der Waals surface area contributed by atoms with Gasteiger partial charge in [0.1, 0.15) is 0 Å². The van der Waals surface area contributed by atoms with E-state index >= 15 is 0 Å². The van der Waals surface area contributed by atoms with Gasteiger partial charge in [0.25, 0.3) is 0 Å². The highest BCUT2D eigenvalue weighted by Gasteiger charge is 2.06. The van der Waals surface area contributed by atoms with Crippen molar-refractivity contribution in [2.75, 3.05) is 12.3 Å². The molecule has 0 aromatic rings.